The summed E-state index contributed by atoms with van der Waals surface area (Å²) in [5, 5.41) is 0. The van der Waals surface area contributed by atoms with Crippen LogP contribution in [-0.4, -0.2) is 5.78 Å². The molecule has 1 heteroatoms. The predicted octanol–water partition coefficient (Wildman–Crippen LogP) is 2.26. The van der Waals surface area contributed by atoms with E-state index in [1.54, 1.807) is 6.92 Å². The first-order chi connectivity index (χ1) is 5.03. The molecule has 0 aromatic carbocycles. The number of hydrogen-bond acceptors (Lipinski definition) is 1. The van der Waals surface area contributed by atoms with Gasteiger partial charge in [0.2, 0.25) is 0 Å². The topological polar surface area (TPSA) is 17.1 Å². The van der Waals surface area contributed by atoms with Gasteiger partial charge in [0, 0.05) is 5.92 Å². The fourth-order valence-corrected chi connectivity index (χ4v) is 2.83. The van der Waals surface area contributed by atoms with E-state index in [-0.39, 0.29) is 0 Å². The van der Waals surface area contributed by atoms with Gasteiger partial charge < -0.3 is 0 Å². The van der Waals surface area contributed by atoms with Crippen molar-refractivity contribution in [2.75, 3.05) is 0 Å². The zero-order valence-corrected chi connectivity index (χ0v) is 7.55. The second-order valence-corrected chi connectivity index (χ2v) is 4.81. The molecule has 0 aliphatic heterocycles. The number of ketones is 1. The van der Waals surface area contributed by atoms with Crippen LogP contribution >= 0.6 is 0 Å². The average Bonchev–Trinajstić information content (AvgIpc) is 2.28. The Morgan fingerprint density at radius 3 is 2.09 bits per heavy atom. The summed E-state index contributed by atoms with van der Waals surface area (Å²) >= 11 is 0. The summed E-state index contributed by atoms with van der Waals surface area (Å²) in [7, 11) is 0. The second-order valence-electron chi connectivity index (χ2n) is 4.81. The minimum Gasteiger partial charge on any atom is -0.300 e. The summed E-state index contributed by atoms with van der Waals surface area (Å²) in [4.78, 5) is 11.0. The molecule has 0 aromatic rings. The Morgan fingerprint density at radius 2 is 1.73 bits per heavy atom. The van der Waals surface area contributed by atoms with Crippen LogP contribution in [0.4, 0.5) is 0 Å². The van der Waals surface area contributed by atoms with E-state index in [0.717, 1.165) is 11.8 Å². The van der Waals surface area contributed by atoms with Gasteiger partial charge in [-0.05, 0) is 37.0 Å². The van der Waals surface area contributed by atoms with Crippen LogP contribution in [0.15, 0.2) is 0 Å². The Labute approximate surface area is 68.2 Å². The Bertz CT molecular complexity index is 191. The molecule has 0 radical (unpaired) electrons. The summed E-state index contributed by atoms with van der Waals surface area (Å²) in [6, 6.07) is 0. The first-order valence-electron chi connectivity index (χ1n) is 4.54. The van der Waals surface area contributed by atoms with E-state index in [0.29, 0.717) is 17.1 Å². The van der Waals surface area contributed by atoms with Gasteiger partial charge in [0.25, 0.3) is 0 Å². The molecule has 0 saturated heterocycles. The molecule has 0 N–H and O–H groups in total. The quantitative estimate of drug-likeness (QED) is 0.563. The summed E-state index contributed by atoms with van der Waals surface area (Å²) < 4.78 is 0. The largest absolute Gasteiger partial charge is 0.300 e. The third-order valence-corrected chi connectivity index (χ3v) is 3.94. The van der Waals surface area contributed by atoms with Crippen molar-refractivity contribution in [1.82, 2.24) is 0 Å². The number of carbonyl (C=O) groups excluding carboxylic acids is 1. The van der Waals surface area contributed by atoms with Crippen LogP contribution in [0, 0.1) is 23.2 Å². The molecular formula is C10H16O. The molecule has 0 bridgehead atoms. The minimum atomic E-state index is 0.410. The zero-order valence-electron chi connectivity index (χ0n) is 7.55. The van der Waals surface area contributed by atoms with Crippen molar-refractivity contribution in [2.45, 2.75) is 33.6 Å². The minimum absolute atomic E-state index is 0.410. The molecule has 2 aliphatic carbocycles. The van der Waals surface area contributed by atoms with E-state index in [1.165, 1.54) is 12.8 Å². The van der Waals surface area contributed by atoms with Crippen molar-refractivity contribution in [2.24, 2.45) is 23.2 Å². The molecule has 2 aliphatic rings. The lowest BCUT2D eigenvalue weighted by molar-refractivity contribution is -0.121. The van der Waals surface area contributed by atoms with Crippen LogP contribution < -0.4 is 0 Å². The maximum Gasteiger partial charge on any atom is 0.132 e. The molecule has 0 aromatic heterocycles. The molecule has 2 fully saturated rings. The van der Waals surface area contributed by atoms with Gasteiger partial charge in [-0.3, -0.25) is 4.79 Å². The molecular weight excluding hydrogens is 136 g/mol. The van der Waals surface area contributed by atoms with Gasteiger partial charge in [-0.25, -0.2) is 0 Å². The van der Waals surface area contributed by atoms with Crippen molar-refractivity contribution in [3.63, 3.8) is 0 Å². The molecule has 2 rings (SSSR count). The van der Waals surface area contributed by atoms with E-state index in [1.807, 2.05) is 0 Å². The summed E-state index contributed by atoms with van der Waals surface area (Å²) in [5.41, 5.74) is 0.575. The number of hydrogen-bond donors (Lipinski definition) is 0. The number of Topliss-reactive ketones (excluding diaryl/α,β-unsaturated/α-hetero) is 1. The maximum absolute atomic E-state index is 11.0. The summed E-state index contributed by atoms with van der Waals surface area (Å²) in [5.74, 6) is 2.57. The van der Waals surface area contributed by atoms with Crippen LogP contribution in [-0.2, 0) is 4.79 Å². The Hall–Kier alpha value is -0.330. The SMILES string of the molecule is CC(=O)[C@@H]1C[C@@H]2[C@H](C1)C2(C)C. The van der Waals surface area contributed by atoms with Gasteiger partial charge in [-0.15, -0.1) is 0 Å². The summed E-state index contributed by atoms with van der Waals surface area (Å²) in [6.07, 6.45) is 2.35. The molecule has 62 valence electrons. The number of fused-ring (bicyclic) bond motifs is 1. The highest BCUT2D eigenvalue weighted by Crippen LogP contribution is 2.68. The van der Waals surface area contributed by atoms with Crippen LogP contribution in [0.25, 0.3) is 0 Å². The normalized spacial score (nSPS) is 45.2. The van der Waals surface area contributed by atoms with Crippen molar-refractivity contribution in [3.05, 3.63) is 0 Å². The first kappa shape index (κ1) is 7.33. The fourth-order valence-electron chi connectivity index (χ4n) is 2.83. The van der Waals surface area contributed by atoms with Crippen molar-refractivity contribution < 1.29 is 4.79 Å². The van der Waals surface area contributed by atoms with Crippen molar-refractivity contribution in [1.29, 1.82) is 0 Å². The highest BCUT2D eigenvalue weighted by Gasteiger charge is 2.62. The van der Waals surface area contributed by atoms with Gasteiger partial charge in [-0.2, -0.15) is 0 Å². The van der Waals surface area contributed by atoms with Gasteiger partial charge in [-0.1, -0.05) is 13.8 Å². The highest BCUT2D eigenvalue weighted by atomic mass is 16.1. The fraction of sp³-hybridized carbons (Fsp3) is 0.900. The lowest BCUT2D eigenvalue weighted by atomic mass is 9.91. The second kappa shape index (κ2) is 1.88. The Kier molecular flexibility index (Phi) is 1.25. The molecule has 11 heavy (non-hydrogen) atoms. The van der Waals surface area contributed by atoms with Crippen LogP contribution in [0.1, 0.15) is 33.6 Å². The van der Waals surface area contributed by atoms with E-state index in [9.17, 15) is 4.79 Å². The lowest BCUT2D eigenvalue weighted by Crippen LogP contribution is -2.12. The number of carbonyl (C=O) groups is 1. The van der Waals surface area contributed by atoms with E-state index >= 15 is 0 Å². The van der Waals surface area contributed by atoms with Crippen molar-refractivity contribution >= 4 is 5.78 Å². The lowest BCUT2D eigenvalue weighted by Gasteiger charge is -2.13. The van der Waals surface area contributed by atoms with Crippen molar-refractivity contribution in [3.8, 4) is 0 Å². The average molecular weight is 152 g/mol. The number of rotatable bonds is 1. The Morgan fingerprint density at radius 1 is 1.27 bits per heavy atom. The van der Waals surface area contributed by atoms with E-state index in [2.05, 4.69) is 13.8 Å². The molecule has 3 atom stereocenters. The van der Waals surface area contributed by atoms with Gasteiger partial charge >= 0.3 is 0 Å². The molecule has 1 nitrogen and oxygen atoms in total. The molecule has 0 amide bonds. The van der Waals surface area contributed by atoms with Crippen LogP contribution in [0.5, 0.6) is 0 Å². The first-order valence-corrected chi connectivity index (χ1v) is 4.54. The molecule has 0 unspecified atom stereocenters. The van der Waals surface area contributed by atoms with Crippen LogP contribution in [0.3, 0.4) is 0 Å². The summed E-state index contributed by atoms with van der Waals surface area (Å²) in [6.45, 7) is 6.40. The third-order valence-electron chi connectivity index (χ3n) is 3.94. The van der Waals surface area contributed by atoms with E-state index in [4.69, 9.17) is 0 Å². The highest BCUT2D eigenvalue weighted by molar-refractivity contribution is 5.78. The Balaban J connectivity index is 2.00. The standard InChI is InChI=1S/C10H16O/c1-6(11)7-4-8-9(5-7)10(8,2)3/h7-9H,4-5H2,1-3H3/t7-,8-,9+. The van der Waals surface area contributed by atoms with Gasteiger partial charge in [0.05, 0.1) is 0 Å². The van der Waals surface area contributed by atoms with Gasteiger partial charge in [0.1, 0.15) is 5.78 Å². The monoisotopic (exact) mass is 152 g/mol. The zero-order chi connectivity index (χ0) is 8.22. The van der Waals surface area contributed by atoms with Crippen LogP contribution in [0.2, 0.25) is 0 Å². The molecule has 2 saturated carbocycles. The van der Waals surface area contributed by atoms with E-state index < -0.39 is 0 Å². The smallest absolute Gasteiger partial charge is 0.132 e. The third kappa shape index (κ3) is 0.863. The molecule has 0 heterocycles. The molecule has 0 spiro atoms. The van der Waals surface area contributed by atoms with Gasteiger partial charge in [0.15, 0.2) is 0 Å². The maximum atomic E-state index is 11.0. The predicted molar refractivity (Wildman–Crippen MR) is 44.2 cm³/mol.